The van der Waals surface area contributed by atoms with Gasteiger partial charge in [-0.1, -0.05) is 24.3 Å². The van der Waals surface area contributed by atoms with Crippen molar-refractivity contribution in [2.75, 3.05) is 7.05 Å². The van der Waals surface area contributed by atoms with Crippen LogP contribution in [0.2, 0.25) is 0 Å². The van der Waals surface area contributed by atoms with Crippen LogP contribution in [0.3, 0.4) is 0 Å². The highest BCUT2D eigenvalue weighted by Crippen LogP contribution is 1.99. The van der Waals surface area contributed by atoms with E-state index in [1.165, 1.54) is 5.70 Å². The minimum atomic E-state index is 0.903. The summed E-state index contributed by atoms with van der Waals surface area (Å²) in [7, 11) is 1.94. The first-order valence-electron chi connectivity index (χ1n) is 5.21. The van der Waals surface area contributed by atoms with E-state index in [9.17, 15) is 0 Å². The molecule has 0 aliphatic rings. The number of allylic oxidation sites excluding steroid dienone is 4. The highest BCUT2D eigenvalue weighted by molar-refractivity contribution is 5.52. The number of nitrogens with zero attached hydrogens (tertiary/aromatic N) is 1. The van der Waals surface area contributed by atoms with Gasteiger partial charge in [-0.3, -0.25) is 5.43 Å². The zero-order valence-electron chi connectivity index (χ0n) is 9.83. The molecular formula is C12H21N3. The maximum Gasteiger partial charge on any atom is 0.0215 e. The second-order valence-electron chi connectivity index (χ2n) is 2.91. The van der Waals surface area contributed by atoms with Gasteiger partial charge in [0.1, 0.15) is 0 Å². The van der Waals surface area contributed by atoms with Crippen molar-refractivity contribution in [1.82, 2.24) is 10.7 Å². The molecular weight excluding hydrogens is 186 g/mol. The molecule has 0 amide bonds. The van der Waals surface area contributed by atoms with Crippen LogP contribution in [0.15, 0.2) is 41.3 Å². The standard InChI is InChI=1S/C12H21N3/c1-4-6-9-12(13-3)10-7-8-11-15-14-5-2/h4-6,8,10-11,13,15H,7,9H2,1-3H3/b6-4-,11-8+,12-10-,14-5-. The van der Waals surface area contributed by atoms with Crippen LogP contribution in [0.4, 0.5) is 0 Å². The molecule has 0 atom stereocenters. The minimum absolute atomic E-state index is 0.903. The lowest BCUT2D eigenvalue weighted by molar-refractivity contribution is 0.922. The maximum absolute atomic E-state index is 3.85. The lowest BCUT2D eigenvalue weighted by Crippen LogP contribution is -2.04. The van der Waals surface area contributed by atoms with Crippen LogP contribution in [0.5, 0.6) is 0 Å². The summed E-state index contributed by atoms with van der Waals surface area (Å²) in [5.74, 6) is 0. The van der Waals surface area contributed by atoms with Crippen LogP contribution >= 0.6 is 0 Å². The monoisotopic (exact) mass is 207 g/mol. The summed E-state index contributed by atoms with van der Waals surface area (Å²) in [4.78, 5) is 0. The molecule has 3 heteroatoms. The molecule has 0 heterocycles. The third kappa shape index (κ3) is 8.81. The summed E-state index contributed by atoms with van der Waals surface area (Å²) < 4.78 is 0. The topological polar surface area (TPSA) is 36.4 Å². The van der Waals surface area contributed by atoms with Gasteiger partial charge in [-0.05, 0) is 20.3 Å². The minimum Gasteiger partial charge on any atom is -0.391 e. The Morgan fingerprint density at radius 3 is 2.67 bits per heavy atom. The largest absolute Gasteiger partial charge is 0.391 e. The van der Waals surface area contributed by atoms with E-state index in [1.54, 1.807) is 6.21 Å². The second-order valence-corrected chi connectivity index (χ2v) is 2.91. The average Bonchev–Trinajstić information content (AvgIpc) is 2.27. The molecule has 0 spiro atoms. The molecule has 0 fully saturated rings. The smallest absolute Gasteiger partial charge is 0.0215 e. The highest BCUT2D eigenvalue weighted by Gasteiger charge is 1.87. The lowest BCUT2D eigenvalue weighted by atomic mass is 10.2. The molecule has 0 aliphatic carbocycles. The van der Waals surface area contributed by atoms with E-state index in [4.69, 9.17) is 0 Å². The van der Waals surface area contributed by atoms with E-state index in [0.717, 1.165) is 12.8 Å². The summed E-state index contributed by atoms with van der Waals surface area (Å²) in [6.07, 6.45) is 13.8. The average molecular weight is 207 g/mol. The number of nitrogens with one attached hydrogen (secondary N) is 2. The molecule has 0 saturated heterocycles. The van der Waals surface area contributed by atoms with E-state index in [1.807, 2.05) is 33.2 Å². The quantitative estimate of drug-likeness (QED) is 0.382. The number of hydrazone groups is 1. The van der Waals surface area contributed by atoms with E-state index in [0.29, 0.717) is 0 Å². The third-order valence-electron chi connectivity index (χ3n) is 1.79. The van der Waals surface area contributed by atoms with Crippen LogP contribution in [-0.2, 0) is 0 Å². The van der Waals surface area contributed by atoms with E-state index in [2.05, 4.69) is 34.1 Å². The maximum atomic E-state index is 3.85. The van der Waals surface area contributed by atoms with Crippen molar-refractivity contribution >= 4 is 6.21 Å². The fraction of sp³-hybridized carbons (Fsp3) is 0.417. The molecule has 2 N–H and O–H groups in total. The first-order chi connectivity index (χ1) is 7.35. The van der Waals surface area contributed by atoms with Crippen molar-refractivity contribution in [2.24, 2.45) is 5.10 Å². The van der Waals surface area contributed by atoms with Crippen LogP contribution < -0.4 is 10.7 Å². The van der Waals surface area contributed by atoms with Gasteiger partial charge in [0.15, 0.2) is 0 Å². The molecule has 0 radical (unpaired) electrons. The fourth-order valence-electron chi connectivity index (χ4n) is 0.981. The van der Waals surface area contributed by atoms with E-state index < -0.39 is 0 Å². The summed E-state index contributed by atoms with van der Waals surface area (Å²) >= 11 is 0. The van der Waals surface area contributed by atoms with Crippen molar-refractivity contribution in [3.63, 3.8) is 0 Å². The van der Waals surface area contributed by atoms with Gasteiger partial charge in [0.25, 0.3) is 0 Å². The van der Waals surface area contributed by atoms with Gasteiger partial charge >= 0.3 is 0 Å². The van der Waals surface area contributed by atoms with Gasteiger partial charge in [-0.25, -0.2) is 0 Å². The second kappa shape index (κ2) is 10.6. The molecule has 0 aromatic rings. The Balaban J connectivity index is 3.84. The predicted molar refractivity (Wildman–Crippen MR) is 67.6 cm³/mol. The number of rotatable bonds is 7. The Kier molecular flexibility index (Phi) is 9.51. The van der Waals surface area contributed by atoms with Gasteiger partial charge in [-0.15, -0.1) is 0 Å². The van der Waals surface area contributed by atoms with Crippen molar-refractivity contribution < 1.29 is 0 Å². The predicted octanol–water partition coefficient (Wildman–Crippen LogP) is 2.56. The lowest BCUT2D eigenvalue weighted by Gasteiger charge is -2.01. The molecule has 0 bridgehead atoms. The zero-order chi connectivity index (χ0) is 11.4. The Bertz CT molecular complexity index is 250. The SMILES string of the molecule is C/C=C\C/C(=C/C/C=C/N/N=C\C)NC. The molecule has 0 unspecified atom stereocenters. The van der Waals surface area contributed by atoms with Crippen molar-refractivity contribution in [2.45, 2.75) is 26.7 Å². The van der Waals surface area contributed by atoms with Gasteiger partial charge in [-0.2, -0.15) is 5.10 Å². The normalized spacial score (nSPS) is 13.1. The summed E-state index contributed by atoms with van der Waals surface area (Å²) in [5, 5.41) is 7.01. The molecule has 0 saturated carbocycles. The number of hydrogen-bond acceptors (Lipinski definition) is 3. The van der Waals surface area contributed by atoms with Gasteiger partial charge < -0.3 is 5.32 Å². The van der Waals surface area contributed by atoms with E-state index in [-0.39, 0.29) is 0 Å². The first kappa shape index (κ1) is 13.5. The van der Waals surface area contributed by atoms with Crippen molar-refractivity contribution in [1.29, 1.82) is 0 Å². The van der Waals surface area contributed by atoms with Crippen molar-refractivity contribution in [3.8, 4) is 0 Å². The molecule has 0 aliphatic heterocycles. The van der Waals surface area contributed by atoms with Gasteiger partial charge in [0.2, 0.25) is 0 Å². The fourth-order valence-corrected chi connectivity index (χ4v) is 0.981. The van der Waals surface area contributed by atoms with Crippen LogP contribution in [0, 0.1) is 0 Å². The number of hydrogen-bond donors (Lipinski definition) is 2. The van der Waals surface area contributed by atoms with Gasteiger partial charge in [0.05, 0.1) is 0 Å². The van der Waals surface area contributed by atoms with Gasteiger partial charge in [0, 0.05) is 31.6 Å². The first-order valence-corrected chi connectivity index (χ1v) is 5.21. The molecule has 15 heavy (non-hydrogen) atoms. The van der Waals surface area contributed by atoms with Crippen LogP contribution in [0.25, 0.3) is 0 Å². The molecule has 84 valence electrons. The molecule has 0 aromatic carbocycles. The molecule has 3 nitrogen and oxygen atoms in total. The Morgan fingerprint density at radius 2 is 2.07 bits per heavy atom. The Labute approximate surface area is 92.6 Å². The summed E-state index contributed by atoms with van der Waals surface area (Å²) in [6, 6.07) is 0. The summed E-state index contributed by atoms with van der Waals surface area (Å²) in [5.41, 5.74) is 4.03. The zero-order valence-corrected chi connectivity index (χ0v) is 9.83. The van der Waals surface area contributed by atoms with Crippen molar-refractivity contribution in [3.05, 3.63) is 36.2 Å². The molecule has 0 aromatic heterocycles. The van der Waals surface area contributed by atoms with E-state index >= 15 is 0 Å². The molecule has 0 rings (SSSR count). The highest BCUT2D eigenvalue weighted by atomic mass is 15.3. The van der Waals surface area contributed by atoms with Crippen LogP contribution in [0.1, 0.15) is 26.7 Å². The Hall–Kier alpha value is -1.51. The third-order valence-corrected chi connectivity index (χ3v) is 1.79. The van der Waals surface area contributed by atoms with Crippen LogP contribution in [-0.4, -0.2) is 13.3 Å². The Morgan fingerprint density at radius 1 is 1.27 bits per heavy atom. The summed E-state index contributed by atoms with van der Waals surface area (Å²) in [6.45, 7) is 3.90.